The van der Waals surface area contributed by atoms with Crippen LogP contribution in [-0.2, 0) is 19.2 Å². The van der Waals surface area contributed by atoms with Crippen molar-refractivity contribution in [1.29, 1.82) is 0 Å². The Balaban J connectivity index is 5.43. The van der Waals surface area contributed by atoms with E-state index in [1.54, 1.807) is 6.92 Å². The minimum atomic E-state index is -1.32. The maximum atomic E-state index is 11.2. The molecule has 0 amide bonds. The quantitative estimate of drug-likeness (QED) is 0.441. The van der Waals surface area contributed by atoms with Gasteiger partial charge in [-0.2, -0.15) is 0 Å². The number of hydrogen-bond acceptors (Lipinski definition) is 4. The van der Waals surface area contributed by atoms with Crippen LogP contribution in [0.1, 0.15) is 33.1 Å². The van der Waals surface area contributed by atoms with Gasteiger partial charge in [0.05, 0.1) is 24.7 Å². The molecule has 0 bridgehead atoms. The molecule has 0 aliphatic rings. The van der Waals surface area contributed by atoms with Crippen molar-refractivity contribution in [3.05, 3.63) is 11.6 Å². The lowest BCUT2D eigenvalue weighted by atomic mass is 9.83. The molecule has 0 radical (unpaired) electrons. The van der Waals surface area contributed by atoms with E-state index in [-0.39, 0.29) is 5.57 Å². The molecule has 0 fully saturated rings. The molecule has 8 nitrogen and oxygen atoms in total. The average molecular weight is 316 g/mol. The highest BCUT2D eigenvalue weighted by molar-refractivity contribution is 5.80. The van der Waals surface area contributed by atoms with Crippen LogP contribution >= 0.6 is 0 Å². The normalized spacial score (nSPS) is 15.6. The molecule has 3 atom stereocenters. The van der Waals surface area contributed by atoms with Crippen molar-refractivity contribution >= 4 is 23.9 Å². The molecule has 0 aromatic heterocycles. The van der Waals surface area contributed by atoms with Crippen molar-refractivity contribution in [2.75, 3.05) is 0 Å². The summed E-state index contributed by atoms with van der Waals surface area (Å²) >= 11 is 0. The fourth-order valence-electron chi connectivity index (χ4n) is 2.20. The predicted octanol–water partition coefficient (Wildman–Crippen LogP) is 1.31. The van der Waals surface area contributed by atoms with Crippen LogP contribution in [0, 0.1) is 17.8 Å². The molecule has 0 rings (SSSR count). The largest absolute Gasteiger partial charge is 0.481 e. The van der Waals surface area contributed by atoms with E-state index in [9.17, 15) is 19.2 Å². The first-order valence-electron chi connectivity index (χ1n) is 6.67. The average Bonchev–Trinajstić information content (AvgIpc) is 2.38. The van der Waals surface area contributed by atoms with Gasteiger partial charge in [-0.15, -0.1) is 0 Å². The molecular weight excluding hydrogens is 296 g/mol. The summed E-state index contributed by atoms with van der Waals surface area (Å²) in [6, 6.07) is 0. The van der Waals surface area contributed by atoms with Crippen molar-refractivity contribution in [2.24, 2.45) is 17.8 Å². The van der Waals surface area contributed by atoms with E-state index in [2.05, 4.69) is 0 Å². The number of aliphatic carboxylic acids is 4. The van der Waals surface area contributed by atoms with Gasteiger partial charge in [0.15, 0.2) is 0 Å². The summed E-state index contributed by atoms with van der Waals surface area (Å²) in [4.78, 5) is 43.8. The fraction of sp³-hybridized carbons (Fsp3) is 0.571. The summed E-state index contributed by atoms with van der Waals surface area (Å²) in [5.74, 6) is -8.32. The van der Waals surface area contributed by atoms with Crippen molar-refractivity contribution in [1.82, 2.24) is 0 Å². The maximum Gasteiger partial charge on any atom is 0.311 e. The predicted molar refractivity (Wildman–Crippen MR) is 74.3 cm³/mol. The number of hydrogen-bond donors (Lipinski definition) is 4. The fourth-order valence-corrected chi connectivity index (χ4v) is 2.20. The van der Waals surface area contributed by atoms with Gasteiger partial charge in [0.1, 0.15) is 0 Å². The molecule has 22 heavy (non-hydrogen) atoms. The van der Waals surface area contributed by atoms with E-state index >= 15 is 0 Å². The standard InChI is InChI=1S/C14H20O8/c1-3-8(10(14(21)22)6-12(17)18)4-7(2)9(13(19)20)5-11(15)16/h4,8-10H,3,5-6H2,1-2H3,(H,15,16)(H,17,18)(H,19,20)(H,21,22)/b7-4-. The van der Waals surface area contributed by atoms with E-state index in [0.29, 0.717) is 6.42 Å². The molecule has 8 heteroatoms. The summed E-state index contributed by atoms with van der Waals surface area (Å²) in [5.41, 5.74) is 0.207. The number of rotatable bonds is 10. The number of carbonyl (C=O) groups is 4. The molecule has 0 aliphatic carbocycles. The van der Waals surface area contributed by atoms with Gasteiger partial charge in [-0.05, 0) is 19.3 Å². The smallest absolute Gasteiger partial charge is 0.311 e. The van der Waals surface area contributed by atoms with Crippen molar-refractivity contribution in [3.63, 3.8) is 0 Å². The van der Waals surface area contributed by atoms with E-state index in [4.69, 9.17) is 20.4 Å². The summed E-state index contributed by atoms with van der Waals surface area (Å²) in [6.07, 6.45) is 0.448. The highest BCUT2D eigenvalue weighted by Gasteiger charge is 2.30. The monoisotopic (exact) mass is 316 g/mol. The molecule has 0 spiro atoms. The minimum absolute atomic E-state index is 0.207. The Hall–Kier alpha value is -2.38. The number of carboxylic acids is 4. The highest BCUT2D eigenvalue weighted by atomic mass is 16.4. The minimum Gasteiger partial charge on any atom is -0.481 e. The zero-order valence-electron chi connectivity index (χ0n) is 12.4. The Morgan fingerprint density at radius 2 is 1.41 bits per heavy atom. The molecule has 124 valence electrons. The van der Waals surface area contributed by atoms with Gasteiger partial charge in [0.25, 0.3) is 0 Å². The van der Waals surface area contributed by atoms with Crippen molar-refractivity contribution in [2.45, 2.75) is 33.1 Å². The molecule has 0 aliphatic heterocycles. The Bertz CT molecular complexity index is 479. The zero-order chi connectivity index (χ0) is 17.4. The van der Waals surface area contributed by atoms with Crippen LogP contribution in [0.2, 0.25) is 0 Å². The topological polar surface area (TPSA) is 149 Å². The van der Waals surface area contributed by atoms with Crippen molar-refractivity contribution < 1.29 is 39.6 Å². The van der Waals surface area contributed by atoms with Gasteiger partial charge in [-0.25, -0.2) is 0 Å². The van der Waals surface area contributed by atoms with Crippen LogP contribution in [-0.4, -0.2) is 44.3 Å². The van der Waals surface area contributed by atoms with Crippen LogP contribution in [0.15, 0.2) is 11.6 Å². The van der Waals surface area contributed by atoms with Gasteiger partial charge < -0.3 is 20.4 Å². The number of allylic oxidation sites excluding steroid dienone is 1. The summed E-state index contributed by atoms with van der Waals surface area (Å²) in [7, 11) is 0. The van der Waals surface area contributed by atoms with Gasteiger partial charge in [0.2, 0.25) is 0 Å². The first-order valence-corrected chi connectivity index (χ1v) is 6.67. The highest BCUT2D eigenvalue weighted by Crippen LogP contribution is 2.26. The van der Waals surface area contributed by atoms with Crippen LogP contribution in [0.25, 0.3) is 0 Å². The van der Waals surface area contributed by atoms with E-state index in [1.807, 2.05) is 0 Å². The van der Waals surface area contributed by atoms with Gasteiger partial charge in [0, 0.05) is 0 Å². The second-order valence-electron chi connectivity index (χ2n) is 5.01. The van der Waals surface area contributed by atoms with Crippen molar-refractivity contribution in [3.8, 4) is 0 Å². The molecule has 3 unspecified atom stereocenters. The molecule has 0 saturated carbocycles. The van der Waals surface area contributed by atoms with Crippen LogP contribution in [0.5, 0.6) is 0 Å². The van der Waals surface area contributed by atoms with E-state index in [1.165, 1.54) is 13.0 Å². The van der Waals surface area contributed by atoms with Gasteiger partial charge in [-0.3, -0.25) is 19.2 Å². The third kappa shape index (κ3) is 6.38. The molecule has 0 aromatic rings. The Kier molecular flexibility index (Phi) is 7.85. The second-order valence-corrected chi connectivity index (χ2v) is 5.01. The molecular formula is C14H20O8. The van der Waals surface area contributed by atoms with E-state index < -0.39 is 54.5 Å². The first kappa shape index (κ1) is 19.6. The van der Waals surface area contributed by atoms with Gasteiger partial charge in [-0.1, -0.05) is 18.6 Å². The summed E-state index contributed by atoms with van der Waals surface area (Å²) in [6.45, 7) is 3.06. The van der Waals surface area contributed by atoms with Crippen LogP contribution in [0.4, 0.5) is 0 Å². The van der Waals surface area contributed by atoms with E-state index in [0.717, 1.165) is 0 Å². The Labute approximate surface area is 127 Å². The third-order valence-electron chi connectivity index (χ3n) is 3.40. The first-order chi connectivity index (χ1) is 10.1. The SMILES string of the molecule is CCC(/C=C(/C)C(CC(=O)O)C(=O)O)C(CC(=O)O)C(=O)O. The molecule has 0 saturated heterocycles. The van der Waals surface area contributed by atoms with Gasteiger partial charge >= 0.3 is 23.9 Å². The lowest BCUT2D eigenvalue weighted by Gasteiger charge is -2.20. The summed E-state index contributed by atoms with van der Waals surface area (Å²) in [5, 5.41) is 35.7. The van der Waals surface area contributed by atoms with Crippen LogP contribution in [0.3, 0.4) is 0 Å². The molecule has 4 N–H and O–H groups in total. The maximum absolute atomic E-state index is 11.2. The zero-order valence-corrected chi connectivity index (χ0v) is 12.4. The second kappa shape index (κ2) is 8.81. The molecule has 0 heterocycles. The lowest BCUT2D eigenvalue weighted by molar-refractivity contribution is -0.149. The third-order valence-corrected chi connectivity index (χ3v) is 3.40. The molecule has 0 aromatic carbocycles. The summed E-state index contributed by atoms with van der Waals surface area (Å²) < 4.78 is 0. The lowest BCUT2D eigenvalue weighted by Crippen LogP contribution is -2.26. The number of carboxylic acid groups (broad SMARTS) is 4. The Morgan fingerprint density at radius 3 is 1.73 bits per heavy atom. The Morgan fingerprint density at radius 1 is 0.909 bits per heavy atom. The van der Waals surface area contributed by atoms with Crippen LogP contribution < -0.4 is 0 Å².